The number of pyridine rings is 2. The van der Waals surface area contributed by atoms with Crippen molar-refractivity contribution in [1.82, 2.24) is 9.97 Å². The molecule has 0 amide bonds. The van der Waals surface area contributed by atoms with Crippen LogP contribution in [-0.4, -0.2) is 35.8 Å². The molecule has 0 spiro atoms. The minimum Gasteiger partial charge on any atom is -0.489 e. The molecule has 0 saturated carbocycles. The third-order valence-electron chi connectivity index (χ3n) is 4.47. The number of halogens is 2. The minimum atomic E-state index is -1.25. The van der Waals surface area contributed by atoms with Crippen molar-refractivity contribution in [3.63, 3.8) is 0 Å². The number of hydrogen-bond acceptors (Lipinski definition) is 8. The Morgan fingerprint density at radius 1 is 1.06 bits per heavy atom. The van der Waals surface area contributed by atoms with E-state index in [2.05, 4.69) is 9.97 Å². The van der Waals surface area contributed by atoms with Crippen LogP contribution in [-0.2, 0) is 16.3 Å². The van der Waals surface area contributed by atoms with Crippen LogP contribution in [0.15, 0.2) is 48.8 Å². The predicted octanol–water partition coefficient (Wildman–Crippen LogP) is 5.00. The number of aromatic nitrogens is 2. The van der Waals surface area contributed by atoms with E-state index in [4.69, 9.17) is 19.2 Å². The van der Waals surface area contributed by atoms with Gasteiger partial charge in [-0.15, -0.1) is 0 Å². The fourth-order valence-corrected chi connectivity index (χ4v) is 2.96. The lowest BCUT2D eigenvalue weighted by molar-refractivity contribution is -0.301. The van der Waals surface area contributed by atoms with Crippen molar-refractivity contribution in [1.29, 1.82) is 0 Å². The third-order valence-corrected chi connectivity index (χ3v) is 4.47. The van der Waals surface area contributed by atoms with Gasteiger partial charge in [-0.3, -0.25) is 9.87 Å². The molecule has 34 heavy (non-hydrogen) atoms. The summed E-state index contributed by atoms with van der Waals surface area (Å²) < 4.78 is 40.0. The van der Waals surface area contributed by atoms with Gasteiger partial charge in [0.1, 0.15) is 5.60 Å². The SMILES string of the molecule is COc1nc(N(Cc2cccnc2)c2cccc(C(=O)OOC(C)(C)C)c2)c(F)c(F)c1OC. The predicted molar refractivity (Wildman–Crippen MR) is 120 cm³/mol. The number of carbonyl (C=O) groups excluding carboxylic acids is 1. The molecule has 2 aromatic heterocycles. The summed E-state index contributed by atoms with van der Waals surface area (Å²) in [6, 6.07) is 9.65. The van der Waals surface area contributed by atoms with Crippen LogP contribution in [0.5, 0.6) is 11.6 Å². The number of nitrogens with zero attached hydrogens (tertiary/aromatic N) is 3. The molecule has 0 bridgehead atoms. The summed E-state index contributed by atoms with van der Waals surface area (Å²) in [5, 5.41) is 0. The molecule has 0 fully saturated rings. The van der Waals surface area contributed by atoms with Gasteiger partial charge in [0, 0.05) is 18.1 Å². The fourth-order valence-electron chi connectivity index (χ4n) is 2.96. The molecular weight excluding hydrogens is 448 g/mol. The lowest BCUT2D eigenvalue weighted by Crippen LogP contribution is -2.23. The first-order valence-electron chi connectivity index (χ1n) is 10.3. The van der Waals surface area contributed by atoms with Crippen LogP contribution in [0.2, 0.25) is 0 Å². The average Bonchev–Trinajstić information content (AvgIpc) is 2.83. The topological polar surface area (TPSA) is 83.0 Å². The maximum atomic E-state index is 15.2. The molecule has 0 atom stereocenters. The average molecular weight is 473 g/mol. The monoisotopic (exact) mass is 473 g/mol. The Kier molecular flexibility index (Phi) is 7.62. The highest BCUT2D eigenvalue weighted by Gasteiger charge is 2.27. The summed E-state index contributed by atoms with van der Waals surface area (Å²) in [6.45, 7) is 5.24. The summed E-state index contributed by atoms with van der Waals surface area (Å²) in [5.41, 5.74) is 0.457. The Hall–Kier alpha value is -3.79. The molecule has 0 radical (unpaired) electrons. The van der Waals surface area contributed by atoms with Gasteiger partial charge < -0.3 is 14.4 Å². The zero-order valence-electron chi connectivity index (χ0n) is 19.5. The van der Waals surface area contributed by atoms with Crippen LogP contribution < -0.4 is 14.4 Å². The van der Waals surface area contributed by atoms with Gasteiger partial charge in [0.25, 0.3) is 5.88 Å². The van der Waals surface area contributed by atoms with Gasteiger partial charge in [-0.1, -0.05) is 12.1 Å². The molecule has 3 rings (SSSR count). The summed E-state index contributed by atoms with van der Waals surface area (Å²) >= 11 is 0. The Morgan fingerprint density at radius 2 is 1.82 bits per heavy atom. The molecule has 3 aromatic rings. The molecule has 0 saturated heterocycles. The van der Waals surface area contributed by atoms with E-state index in [9.17, 15) is 9.18 Å². The van der Waals surface area contributed by atoms with Crippen LogP contribution >= 0.6 is 0 Å². The van der Waals surface area contributed by atoms with Gasteiger partial charge in [0.15, 0.2) is 5.82 Å². The second-order valence-electron chi connectivity index (χ2n) is 8.17. The number of carbonyl (C=O) groups is 1. The second kappa shape index (κ2) is 10.4. The van der Waals surface area contributed by atoms with Crippen molar-refractivity contribution in [2.75, 3.05) is 19.1 Å². The van der Waals surface area contributed by atoms with Crippen molar-refractivity contribution in [3.8, 4) is 11.6 Å². The van der Waals surface area contributed by atoms with Crippen LogP contribution in [0.1, 0.15) is 36.7 Å². The zero-order chi connectivity index (χ0) is 24.9. The Bertz CT molecular complexity index is 1150. The van der Waals surface area contributed by atoms with Crippen molar-refractivity contribution >= 4 is 17.5 Å². The molecule has 8 nitrogen and oxygen atoms in total. The molecular formula is C24H25F2N3O5. The van der Waals surface area contributed by atoms with Gasteiger partial charge in [0.2, 0.25) is 17.4 Å². The molecule has 2 heterocycles. The van der Waals surface area contributed by atoms with E-state index in [1.165, 1.54) is 31.3 Å². The molecule has 0 N–H and O–H groups in total. The van der Waals surface area contributed by atoms with E-state index >= 15 is 4.39 Å². The minimum absolute atomic E-state index is 0.0592. The van der Waals surface area contributed by atoms with Crippen molar-refractivity contribution in [3.05, 3.63) is 71.6 Å². The lowest BCUT2D eigenvalue weighted by Gasteiger charge is -2.26. The van der Waals surface area contributed by atoms with E-state index in [1.807, 2.05) is 0 Å². The molecule has 0 aliphatic rings. The highest BCUT2D eigenvalue weighted by atomic mass is 19.2. The molecule has 180 valence electrons. The number of methoxy groups -OCH3 is 2. The summed E-state index contributed by atoms with van der Waals surface area (Å²) in [5.74, 6) is -4.30. The van der Waals surface area contributed by atoms with E-state index in [1.54, 1.807) is 57.4 Å². The van der Waals surface area contributed by atoms with Gasteiger partial charge >= 0.3 is 5.97 Å². The highest BCUT2D eigenvalue weighted by Crippen LogP contribution is 2.37. The van der Waals surface area contributed by atoms with Crippen molar-refractivity contribution in [2.24, 2.45) is 0 Å². The van der Waals surface area contributed by atoms with Crippen LogP contribution in [0.3, 0.4) is 0 Å². The highest BCUT2D eigenvalue weighted by molar-refractivity contribution is 5.90. The second-order valence-corrected chi connectivity index (χ2v) is 8.17. The normalized spacial score (nSPS) is 11.1. The van der Waals surface area contributed by atoms with E-state index in [0.717, 1.165) is 0 Å². The van der Waals surface area contributed by atoms with Crippen LogP contribution in [0, 0.1) is 11.6 Å². The first-order chi connectivity index (χ1) is 16.1. The first-order valence-corrected chi connectivity index (χ1v) is 10.3. The number of ether oxygens (including phenoxy) is 2. The maximum absolute atomic E-state index is 15.2. The van der Waals surface area contributed by atoms with Crippen LogP contribution in [0.25, 0.3) is 0 Å². The molecule has 0 aliphatic heterocycles. The fraction of sp³-hybridized carbons (Fsp3) is 0.292. The first kappa shape index (κ1) is 24.8. The standard InChI is InChI=1S/C24H25F2N3O5/c1-24(2,3)34-33-23(30)16-9-6-10-17(12-16)29(14-15-8-7-11-27-13-15)21-19(26)18(25)20(31-4)22(28-21)32-5/h6-13H,14H2,1-5H3. The van der Waals surface area contributed by atoms with Gasteiger partial charge in [0.05, 0.1) is 26.3 Å². The van der Waals surface area contributed by atoms with E-state index in [-0.39, 0.29) is 23.8 Å². The number of rotatable bonds is 8. The van der Waals surface area contributed by atoms with Gasteiger partial charge in [-0.25, -0.2) is 4.79 Å². The van der Waals surface area contributed by atoms with Crippen molar-refractivity contribution in [2.45, 2.75) is 32.9 Å². The number of anilines is 2. The molecule has 0 unspecified atom stereocenters. The zero-order valence-corrected chi connectivity index (χ0v) is 19.5. The van der Waals surface area contributed by atoms with Crippen LogP contribution in [0.4, 0.5) is 20.3 Å². The summed E-state index contributed by atoms with van der Waals surface area (Å²) in [4.78, 5) is 32.1. The molecule has 10 heteroatoms. The van der Waals surface area contributed by atoms with E-state index < -0.39 is 29.0 Å². The maximum Gasteiger partial charge on any atom is 0.373 e. The molecule has 1 aromatic carbocycles. The number of hydrogen-bond donors (Lipinski definition) is 0. The smallest absolute Gasteiger partial charge is 0.373 e. The van der Waals surface area contributed by atoms with Gasteiger partial charge in [-0.2, -0.15) is 18.7 Å². The summed E-state index contributed by atoms with van der Waals surface area (Å²) in [6.07, 6.45) is 3.17. The van der Waals surface area contributed by atoms with Crippen molar-refractivity contribution < 1.29 is 32.8 Å². The van der Waals surface area contributed by atoms with E-state index in [0.29, 0.717) is 11.3 Å². The largest absolute Gasteiger partial charge is 0.489 e. The molecule has 0 aliphatic carbocycles. The van der Waals surface area contributed by atoms with Gasteiger partial charge in [-0.05, 0) is 50.6 Å². The summed E-state index contributed by atoms with van der Waals surface area (Å²) in [7, 11) is 2.45. The Balaban J connectivity index is 2.09. The quantitative estimate of drug-likeness (QED) is 0.334. The Morgan fingerprint density at radius 3 is 2.44 bits per heavy atom. The third kappa shape index (κ3) is 5.76. The number of benzene rings is 1. The Labute approximate surface area is 196 Å². The lowest BCUT2D eigenvalue weighted by atomic mass is 10.1.